The SMILES string of the molecule is C/C=C/C(=O)NCC(C)(C)/C=C/CN[C@H](C)c1cccc2ccccc12. The smallest absolute Gasteiger partial charge is 0.243 e. The fourth-order valence-corrected chi connectivity index (χ4v) is 2.94. The first kappa shape index (κ1) is 19.9. The van der Waals surface area contributed by atoms with E-state index in [1.807, 2.05) is 6.92 Å². The highest BCUT2D eigenvalue weighted by Crippen LogP contribution is 2.24. The Morgan fingerprint density at radius 3 is 2.65 bits per heavy atom. The Morgan fingerprint density at radius 1 is 1.15 bits per heavy atom. The summed E-state index contributed by atoms with van der Waals surface area (Å²) in [5.74, 6) is -0.0447. The number of hydrogen-bond acceptors (Lipinski definition) is 2. The predicted molar refractivity (Wildman–Crippen MR) is 111 cm³/mol. The van der Waals surface area contributed by atoms with Crippen LogP contribution in [-0.2, 0) is 4.79 Å². The Bertz CT molecular complexity index is 784. The van der Waals surface area contributed by atoms with Gasteiger partial charge in [0.25, 0.3) is 0 Å². The maximum Gasteiger partial charge on any atom is 0.243 e. The number of nitrogens with one attached hydrogen (secondary N) is 2. The van der Waals surface area contributed by atoms with Gasteiger partial charge in [-0.05, 0) is 41.7 Å². The first-order chi connectivity index (χ1) is 12.4. The van der Waals surface area contributed by atoms with Crippen LogP contribution in [0.2, 0.25) is 0 Å². The minimum atomic E-state index is -0.0817. The molecule has 0 radical (unpaired) electrons. The van der Waals surface area contributed by atoms with Crippen LogP contribution < -0.4 is 10.6 Å². The number of amides is 1. The van der Waals surface area contributed by atoms with Crippen LogP contribution in [0.3, 0.4) is 0 Å². The standard InChI is InChI=1S/C23H30N2O/c1-5-10-22(26)25-17-23(3,4)15-9-16-24-18(2)20-14-8-12-19-11-6-7-13-21(19)20/h5-15,18,24H,16-17H2,1-4H3,(H,25,26)/b10-5+,15-9+/t18-/m1/s1. The quantitative estimate of drug-likeness (QED) is 0.532. The normalized spacial score (nSPS) is 13.5. The van der Waals surface area contributed by atoms with Crippen LogP contribution in [0.25, 0.3) is 10.8 Å². The van der Waals surface area contributed by atoms with Crippen LogP contribution >= 0.6 is 0 Å². The molecular formula is C23H30N2O. The van der Waals surface area contributed by atoms with Crippen LogP contribution in [0.15, 0.2) is 66.8 Å². The lowest BCUT2D eigenvalue weighted by Crippen LogP contribution is -2.32. The van der Waals surface area contributed by atoms with Crippen LogP contribution in [0.4, 0.5) is 0 Å². The minimum absolute atomic E-state index is 0.0447. The van der Waals surface area contributed by atoms with E-state index in [1.54, 1.807) is 12.2 Å². The first-order valence-corrected chi connectivity index (χ1v) is 9.22. The van der Waals surface area contributed by atoms with Gasteiger partial charge in [-0.3, -0.25) is 4.79 Å². The van der Waals surface area contributed by atoms with Gasteiger partial charge in [0.1, 0.15) is 0 Å². The van der Waals surface area contributed by atoms with Crippen LogP contribution in [0.1, 0.15) is 39.3 Å². The van der Waals surface area contributed by atoms with Gasteiger partial charge in [0.05, 0.1) is 0 Å². The zero-order valence-corrected chi connectivity index (χ0v) is 16.3. The van der Waals surface area contributed by atoms with E-state index in [4.69, 9.17) is 0 Å². The van der Waals surface area contributed by atoms with Crippen LogP contribution in [0, 0.1) is 5.41 Å². The Balaban J connectivity index is 1.89. The molecule has 2 aromatic carbocycles. The average molecular weight is 351 g/mol. The summed E-state index contributed by atoms with van der Waals surface area (Å²) in [6, 6.07) is 15.2. The fraction of sp³-hybridized carbons (Fsp3) is 0.348. The van der Waals surface area contributed by atoms with Crippen molar-refractivity contribution in [2.45, 2.75) is 33.7 Å². The Hall–Kier alpha value is -2.39. The van der Waals surface area contributed by atoms with Gasteiger partial charge in [-0.1, -0.05) is 74.5 Å². The molecule has 0 saturated heterocycles. The van der Waals surface area contributed by atoms with Crippen molar-refractivity contribution in [2.75, 3.05) is 13.1 Å². The molecule has 0 saturated carbocycles. The summed E-state index contributed by atoms with van der Waals surface area (Å²) < 4.78 is 0. The number of allylic oxidation sites excluding steroid dienone is 1. The maximum atomic E-state index is 11.5. The van der Waals surface area contributed by atoms with Gasteiger partial charge >= 0.3 is 0 Å². The molecule has 138 valence electrons. The van der Waals surface area contributed by atoms with Gasteiger partial charge in [-0.2, -0.15) is 0 Å². The molecular weight excluding hydrogens is 320 g/mol. The van der Waals surface area contributed by atoms with Crippen molar-refractivity contribution in [3.63, 3.8) is 0 Å². The van der Waals surface area contributed by atoms with E-state index in [9.17, 15) is 4.79 Å². The van der Waals surface area contributed by atoms with E-state index in [-0.39, 0.29) is 17.4 Å². The highest BCUT2D eigenvalue weighted by Gasteiger charge is 2.14. The van der Waals surface area contributed by atoms with E-state index in [2.05, 4.69) is 86.0 Å². The highest BCUT2D eigenvalue weighted by molar-refractivity contribution is 5.87. The molecule has 0 aliphatic rings. The number of carbonyl (C=O) groups excluding carboxylic acids is 1. The van der Waals surface area contributed by atoms with Crippen molar-refractivity contribution in [1.82, 2.24) is 10.6 Å². The molecule has 0 unspecified atom stereocenters. The summed E-state index contributed by atoms with van der Waals surface area (Å²) in [5.41, 5.74) is 1.23. The summed E-state index contributed by atoms with van der Waals surface area (Å²) in [4.78, 5) is 11.5. The molecule has 1 atom stereocenters. The molecule has 3 nitrogen and oxygen atoms in total. The third-order valence-electron chi connectivity index (χ3n) is 4.44. The fourth-order valence-electron chi connectivity index (χ4n) is 2.94. The second-order valence-electron chi connectivity index (χ2n) is 7.31. The lowest BCUT2D eigenvalue weighted by atomic mass is 9.93. The molecule has 26 heavy (non-hydrogen) atoms. The van der Waals surface area contributed by atoms with Crippen molar-refractivity contribution in [3.8, 4) is 0 Å². The number of carbonyl (C=O) groups is 1. The Labute approximate surface area is 157 Å². The van der Waals surface area contributed by atoms with Gasteiger partial charge in [0, 0.05) is 19.1 Å². The highest BCUT2D eigenvalue weighted by atomic mass is 16.1. The second-order valence-corrected chi connectivity index (χ2v) is 7.31. The number of benzene rings is 2. The minimum Gasteiger partial charge on any atom is -0.352 e. The molecule has 0 heterocycles. The molecule has 1 amide bonds. The predicted octanol–water partition coefficient (Wildman–Crippen LogP) is 4.77. The topological polar surface area (TPSA) is 41.1 Å². The van der Waals surface area contributed by atoms with E-state index in [0.717, 1.165) is 6.54 Å². The number of hydrogen-bond donors (Lipinski definition) is 2. The molecule has 0 bridgehead atoms. The van der Waals surface area contributed by atoms with Gasteiger partial charge in [0.2, 0.25) is 5.91 Å². The maximum absolute atomic E-state index is 11.5. The van der Waals surface area contributed by atoms with Gasteiger partial charge in [0.15, 0.2) is 0 Å². The third kappa shape index (κ3) is 5.85. The van der Waals surface area contributed by atoms with Crippen molar-refractivity contribution in [3.05, 3.63) is 72.3 Å². The Morgan fingerprint density at radius 2 is 1.88 bits per heavy atom. The third-order valence-corrected chi connectivity index (χ3v) is 4.44. The number of rotatable bonds is 8. The van der Waals surface area contributed by atoms with Crippen LogP contribution in [0.5, 0.6) is 0 Å². The lowest BCUT2D eigenvalue weighted by molar-refractivity contribution is -0.116. The summed E-state index contributed by atoms with van der Waals surface area (Å²) in [6.07, 6.45) is 7.60. The van der Waals surface area contributed by atoms with Crippen molar-refractivity contribution in [2.24, 2.45) is 5.41 Å². The van der Waals surface area contributed by atoms with Crippen molar-refractivity contribution < 1.29 is 4.79 Å². The molecule has 2 N–H and O–H groups in total. The molecule has 0 aliphatic carbocycles. The summed E-state index contributed by atoms with van der Waals surface area (Å²) in [6.45, 7) is 9.68. The van der Waals surface area contributed by atoms with E-state index in [1.165, 1.54) is 16.3 Å². The summed E-state index contributed by atoms with van der Waals surface area (Å²) in [5, 5.41) is 9.05. The largest absolute Gasteiger partial charge is 0.352 e. The molecule has 3 heteroatoms. The van der Waals surface area contributed by atoms with E-state index >= 15 is 0 Å². The van der Waals surface area contributed by atoms with Gasteiger partial charge < -0.3 is 10.6 Å². The van der Waals surface area contributed by atoms with Crippen molar-refractivity contribution >= 4 is 16.7 Å². The monoisotopic (exact) mass is 350 g/mol. The van der Waals surface area contributed by atoms with Gasteiger partial charge in [-0.15, -0.1) is 0 Å². The van der Waals surface area contributed by atoms with Crippen molar-refractivity contribution in [1.29, 1.82) is 0 Å². The zero-order valence-electron chi connectivity index (χ0n) is 16.3. The van der Waals surface area contributed by atoms with E-state index in [0.29, 0.717) is 6.54 Å². The second kappa shape index (κ2) is 9.35. The summed E-state index contributed by atoms with van der Waals surface area (Å²) in [7, 11) is 0. The van der Waals surface area contributed by atoms with Crippen LogP contribution in [-0.4, -0.2) is 19.0 Å². The molecule has 0 fully saturated rings. The number of fused-ring (bicyclic) bond motifs is 1. The molecule has 2 rings (SSSR count). The van der Waals surface area contributed by atoms with Gasteiger partial charge in [-0.25, -0.2) is 0 Å². The Kier molecular flexibility index (Phi) is 7.16. The first-order valence-electron chi connectivity index (χ1n) is 9.22. The molecule has 2 aromatic rings. The zero-order chi connectivity index (χ0) is 19.0. The molecule has 0 aromatic heterocycles. The molecule has 0 spiro atoms. The average Bonchev–Trinajstić information content (AvgIpc) is 2.63. The molecule has 0 aliphatic heterocycles. The lowest BCUT2D eigenvalue weighted by Gasteiger charge is -2.21. The van der Waals surface area contributed by atoms with E-state index < -0.39 is 0 Å². The summed E-state index contributed by atoms with van der Waals surface area (Å²) >= 11 is 0.